The van der Waals surface area contributed by atoms with Crippen molar-refractivity contribution in [2.75, 3.05) is 0 Å². The minimum Gasteiger partial charge on any atom is -0.302 e. The van der Waals surface area contributed by atoms with E-state index in [2.05, 4.69) is 0 Å². The quantitative estimate of drug-likeness (QED) is 0.424. The van der Waals surface area contributed by atoms with Gasteiger partial charge in [0, 0.05) is 20.3 Å². The predicted octanol–water partition coefficient (Wildman–Crippen LogP) is -2.76. The summed E-state index contributed by atoms with van der Waals surface area (Å²) in [5, 5.41) is 0. The number of hydrogen-bond acceptors (Lipinski definition) is 5. The first-order valence-electron chi connectivity index (χ1n) is 3.80. The molecule has 0 saturated heterocycles. The van der Waals surface area contributed by atoms with Crippen molar-refractivity contribution in [1.82, 2.24) is 14.0 Å². The smallest absolute Gasteiger partial charge is 0.302 e. The van der Waals surface area contributed by atoms with Crippen LogP contribution >= 0.6 is 0 Å². The molecule has 0 aliphatic carbocycles. The van der Waals surface area contributed by atoms with Crippen molar-refractivity contribution >= 4 is 10.0 Å². The minimum atomic E-state index is -4.06. The first kappa shape index (κ1) is 11.6. The molecule has 3 N–H and O–H groups in total. The Balaban J connectivity index is 3.77. The molecule has 1 aromatic rings. The summed E-state index contributed by atoms with van der Waals surface area (Å²) in [4.78, 5) is 23.6. The van der Waals surface area contributed by atoms with Crippen LogP contribution in [0.3, 0.4) is 0 Å². The third-order valence-electron chi connectivity index (χ3n) is 1.86. The van der Waals surface area contributed by atoms with Crippen molar-refractivity contribution in [3.05, 3.63) is 27.0 Å². The first-order valence-corrected chi connectivity index (χ1v) is 5.28. The Hall–Kier alpha value is -1.45. The van der Waals surface area contributed by atoms with Crippen LogP contribution in [0.2, 0.25) is 0 Å². The van der Waals surface area contributed by atoms with Crippen LogP contribution in [0, 0.1) is 0 Å². The summed E-state index contributed by atoms with van der Waals surface area (Å²) < 4.78 is 24.2. The number of aromatic nitrogens is 2. The van der Waals surface area contributed by atoms with Gasteiger partial charge in [-0.1, -0.05) is 0 Å². The molecule has 0 aliphatic heterocycles. The molecule has 0 atom stereocenters. The second-order valence-corrected chi connectivity index (χ2v) is 4.55. The van der Waals surface area contributed by atoms with E-state index in [-0.39, 0.29) is 0 Å². The molecule has 84 valence electrons. The van der Waals surface area contributed by atoms with Gasteiger partial charge in [0.2, 0.25) is 0 Å². The Morgan fingerprint density at radius 1 is 1.33 bits per heavy atom. The fourth-order valence-corrected chi connectivity index (χ4v) is 1.81. The third kappa shape index (κ3) is 1.84. The Labute approximate surface area is 85.0 Å². The Kier molecular flexibility index (Phi) is 2.79. The second-order valence-electron chi connectivity index (χ2n) is 2.87. The Bertz CT molecular complexity index is 597. The van der Waals surface area contributed by atoms with Gasteiger partial charge in [0.25, 0.3) is 15.6 Å². The second kappa shape index (κ2) is 3.61. The average molecular weight is 234 g/mol. The van der Waals surface area contributed by atoms with E-state index in [1.54, 1.807) is 0 Å². The van der Waals surface area contributed by atoms with E-state index in [0.717, 1.165) is 10.8 Å². The fourth-order valence-electron chi connectivity index (χ4n) is 1.02. The molecule has 0 saturated carbocycles. The van der Waals surface area contributed by atoms with Crippen LogP contribution in [0.25, 0.3) is 0 Å². The van der Waals surface area contributed by atoms with E-state index >= 15 is 0 Å². The van der Waals surface area contributed by atoms with E-state index < -0.39 is 26.2 Å². The lowest BCUT2D eigenvalue weighted by Crippen LogP contribution is -2.42. The van der Waals surface area contributed by atoms with Gasteiger partial charge in [-0.3, -0.25) is 15.2 Å². The molecule has 0 radical (unpaired) electrons. The summed E-state index contributed by atoms with van der Waals surface area (Å²) in [6.45, 7) is 0. The van der Waals surface area contributed by atoms with E-state index in [1.807, 2.05) is 0 Å². The molecule has 15 heavy (non-hydrogen) atoms. The molecule has 8 nitrogen and oxygen atoms in total. The average Bonchev–Trinajstić information content (AvgIpc) is 2.20. The van der Waals surface area contributed by atoms with Gasteiger partial charge in [-0.2, -0.15) is 0 Å². The van der Waals surface area contributed by atoms with E-state index in [0.29, 0.717) is 4.57 Å². The van der Waals surface area contributed by atoms with Crippen LogP contribution < -0.4 is 21.9 Å². The van der Waals surface area contributed by atoms with Gasteiger partial charge in [0.1, 0.15) is 0 Å². The standard InChI is InChI=1S/C6H10N4O4S/c1-9-3-4(15(13,14)8-7)5(11)10(2)6(9)12/h3,8H,7H2,1-2H3. The number of hydrazine groups is 1. The largest absolute Gasteiger partial charge is 0.330 e. The normalized spacial score (nSPS) is 11.7. The number of nitrogens with zero attached hydrogens (tertiary/aromatic N) is 2. The van der Waals surface area contributed by atoms with Crippen molar-refractivity contribution in [2.45, 2.75) is 4.90 Å². The topological polar surface area (TPSA) is 116 Å². The zero-order chi connectivity index (χ0) is 11.8. The first-order chi connectivity index (χ1) is 6.81. The molecule has 0 spiro atoms. The molecule has 0 aliphatic rings. The van der Waals surface area contributed by atoms with Crippen molar-refractivity contribution in [2.24, 2.45) is 19.9 Å². The van der Waals surface area contributed by atoms with Crippen molar-refractivity contribution in [3.63, 3.8) is 0 Å². The summed E-state index contributed by atoms with van der Waals surface area (Å²) in [5.74, 6) is 4.77. The van der Waals surface area contributed by atoms with Gasteiger partial charge < -0.3 is 4.57 Å². The minimum absolute atomic E-state index is 0.574. The highest BCUT2D eigenvalue weighted by Crippen LogP contribution is 1.97. The van der Waals surface area contributed by atoms with Gasteiger partial charge in [-0.15, -0.1) is 4.83 Å². The monoisotopic (exact) mass is 234 g/mol. The van der Waals surface area contributed by atoms with Crippen LogP contribution in [0.4, 0.5) is 0 Å². The summed E-state index contributed by atoms with van der Waals surface area (Å²) in [5.41, 5.74) is -1.54. The highest BCUT2D eigenvalue weighted by atomic mass is 32.2. The number of hydrogen-bond donors (Lipinski definition) is 2. The lowest BCUT2D eigenvalue weighted by atomic mass is 10.6. The lowest BCUT2D eigenvalue weighted by molar-refractivity contribution is 0.573. The molecular formula is C6H10N4O4S. The molecular weight excluding hydrogens is 224 g/mol. The van der Waals surface area contributed by atoms with Crippen molar-refractivity contribution in [3.8, 4) is 0 Å². The van der Waals surface area contributed by atoms with Crippen LogP contribution in [0.5, 0.6) is 0 Å². The summed E-state index contributed by atoms with van der Waals surface area (Å²) in [7, 11) is -1.54. The van der Waals surface area contributed by atoms with Gasteiger partial charge in [-0.05, 0) is 0 Å². The molecule has 1 heterocycles. The third-order valence-corrected chi connectivity index (χ3v) is 3.03. The highest BCUT2D eigenvalue weighted by molar-refractivity contribution is 7.89. The number of nitrogens with one attached hydrogen (secondary N) is 1. The van der Waals surface area contributed by atoms with Crippen molar-refractivity contribution in [1.29, 1.82) is 0 Å². The van der Waals surface area contributed by atoms with Crippen LogP contribution in [-0.2, 0) is 24.1 Å². The maximum absolute atomic E-state index is 11.4. The van der Waals surface area contributed by atoms with Gasteiger partial charge in [0.15, 0.2) is 4.90 Å². The Morgan fingerprint density at radius 2 is 1.87 bits per heavy atom. The number of aryl methyl sites for hydroxylation is 1. The van der Waals surface area contributed by atoms with Crippen LogP contribution in [0.1, 0.15) is 0 Å². The van der Waals surface area contributed by atoms with Gasteiger partial charge in [-0.25, -0.2) is 13.2 Å². The summed E-state index contributed by atoms with van der Waals surface area (Å²) >= 11 is 0. The molecule has 1 aromatic heterocycles. The van der Waals surface area contributed by atoms with E-state index in [4.69, 9.17) is 5.84 Å². The van der Waals surface area contributed by atoms with Gasteiger partial charge in [0.05, 0.1) is 0 Å². The van der Waals surface area contributed by atoms with Crippen LogP contribution in [-0.4, -0.2) is 17.6 Å². The molecule has 0 amide bonds. The number of nitrogens with two attached hydrogens (primary N) is 1. The van der Waals surface area contributed by atoms with E-state index in [1.165, 1.54) is 18.9 Å². The fraction of sp³-hybridized carbons (Fsp3) is 0.333. The molecule has 0 bridgehead atoms. The predicted molar refractivity (Wildman–Crippen MR) is 51.4 cm³/mol. The number of rotatable bonds is 2. The highest BCUT2D eigenvalue weighted by Gasteiger charge is 2.19. The molecule has 9 heteroatoms. The zero-order valence-electron chi connectivity index (χ0n) is 8.09. The molecule has 0 unspecified atom stereocenters. The molecule has 1 rings (SSSR count). The Morgan fingerprint density at radius 3 is 2.33 bits per heavy atom. The lowest BCUT2D eigenvalue weighted by Gasteiger charge is -2.06. The molecule has 0 aromatic carbocycles. The maximum atomic E-state index is 11.4. The SMILES string of the molecule is Cn1cc(S(=O)(=O)NN)c(=O)n(C)c1=O. The summed E-state index contributed by atoms with van der Waals surface area (Å²) in [6.07, 6.45) is 0.917. The molecule has 0 fully saturated rings. The zero-order valence-corrected chi connectivity index (χ0v) is 8.91. The number of sulfonamides is 1. The van der Waals surface area contributed by atoms with Crippen LogP contribution in [0.15, 0.2) is 20.7 Å². The van der Waals surface area contributed by atoms with Gasteiger partial charge >= 0.3 is 5.69 Å². The summed E-state index contributed by atoms with van der Waals surface area (Å²) in [6, 6.07) is 0. The van der Waals surface area contributed by atoms with Crippen molar-refractivity contribution < 1.29 is 8.42 Å². The maximum Gasteiger partial charge on any atom is 0.330 e. The van der Waals surface area contributed by atoms with E-state index in [9.17, 15) is 18.0 Å².